The van der Waals surface area contributed by atoms with E-state index in [0.29, 0.717) is 25.9 Å². The Morgan fingerprint density at radius 3 is 2.18 bits per heavy atom. The lowest BCUT2D eigenvalue weighted by Crippen LogP contribution is -2.48. The molecule has 2 fully saturated rings. The largest absolute Gasteiger partial charge is 0.497 e. The number of ether oxygens (including phenoxy) is 1. The molecule has 0 saturated carbocycles. The second kappa shape index (κ2) is 9.45. The summed E-state index contributed by atoms with van der Waals surface area (Å²) in [5.74, 6) is -1.65. The number of piperidine rings is 1. The molecule has 0 spiro atoms. The Morgan fingerprint density at radius 1 is 1.09 bits per heavy atom. The van der Waals surface area contributed by atoms with E-state index in [0.717, 1.165) is 12.1 Å². The van der Waals surface area contributed by atoms with Gasteiger partial charge in [-0.25, -0.2) is 13.6 Å². The summed E-state index contributed by atoms with van der Waals surface area (Å²) in [5.41, 5.74) is -1.99. The van der Waals surface area contributed by atoms with Crippen molar-refractivity contribution in [3.63, 3.8) is 0 Å². The molecule has 2 aliphatic rings. The molecule has 0 radical (unpaired) electrons. The lowest BCUT2D eigenvalue weighted by Gasteiger charge is -2.33. The number of hydrogen-bond acceptors (Lipinski definition) is 5. The van der Waals surface area contributed by atoms with E-state index < -0.39 is 41.6 Å². The van der Waals surface area contributed by atoms with Crippen LogP contribution in [0.15, 0.2) is 12.1 Å². The first-order chi connectivity index (χ1) is 15.6. The number of carbonyl (C=O) groups is 2. The van der Waals surface area contributed by atoms with Crippen molar-refractivity contribution in [2.45, 2.75) is 90.6 Å². The summed E-state index contributed by atoms with van der Waals surface area (Å²) < 4.78 is 46.6. The van der Waals surface area contributed by atoms with Crippen molar-refractivity contribution >= 4 is 24.6 Å². The molecule has 1 aromatic rings. The molecule has 0 aliphatic carbocycles. The Kier molecular flexibility index (Phi) is 7.34. The number of likely N-dealkylation sites (tertiary alicyclic amines) is 1. The summed E-state index contributed by atoms with van der Waals surface area (Å²) in [6.45, 7) is 13.5. The van der Waals surface area contributed by atoms with Gasteiger partial charge in [-0.1, -0.05) is 0 Å². The van der Waals surface area contributed by atoms with Crippen LogP contribution in [0.4, 0.5) is 13.6 Å². The van der Waals surface area contributed by atoms with Crippen LogP contribution in [0.2, 0.25) is 0 Å². The van der Waals surface area contributed by atoms with E-state index in [1.54, 1.807) is 25.7 Å². The molecule has 2 amide bonds. The number of alkyl carbamates (subject to hydrolysis) is 1. The third-order valence-electron chi connectivity index (χ3n) is 6.58. The van der Waals surface area contributed by atoms with Crippen LogP contribution >= 0.6 is 0 Å². The maximum atomic E-state index is 14.9. The number of amides is 2. The van der Waals surface area contributed by atoms with Crippen LogP contribution in [0.5, 0.6) is 0 Å². The van der Waals surface area contributed by atoms with Crippen LogP contribution in [-0.2, 0) is 25.3 Å². The molecule has 7 nitrogen and oxygen atoms in total. The summed E-state index contributed by atoms with van der Waals surface area (Å²) >= 11 is 0. The van der Waals surface area contributed by atoms with Gasteiger partial charge >= 0.3 is 13.2 Å². The zero-order valence-electron chi connectivity index (χ0n) is 21.1. The molecule has 2 heterocycles. The van der Waals surface area contributed by atoms with Crippen LogP contribution in [-0.4, -0.2) is 60.0 Å². The zero-order chi connectivity index (χ0) is 25.5. The van der Waals surface area contributed by atoms with Crippen molar-refractivity contribution in [2.75, 3.05) is 13.1 Å². The second-order valence-electron chi connectivity index (χ2n) is 11.0. The van der Waals surface area contributed by atoms with E-state index in [9.17, 15) is 18.4 Å². The molecular formula is C24H35BF2N2O5. The van der Waals surface area contributed by atoms with E-state index >= 15 is 0 Å². The molecule has 2 aliphatic heterocycles. The standard InChI is InChI=1S/C24H35BF2N2O5/c1-22(2,3)32-21(31)28-16-8-10-29(11-9-16)20(30)13-15-12-19(27)17(14-18(15)26)25-33-23(4,5)24(6,7)34-25/h12,14,16H,8-11,13H2,1-7H3,(H,28,31). The smallest absolute Gasteiger partial charge is 0.444 e. The predicted molar refractivity (Wildman–Crippen MR) is 125 cm³/mol. The summed E-state index contributed by atoms with van der Waals surface area (Å²) in [7, 11) is -1.03. The maximum Gasteiger partial charge on any atom is 0.497 e. The average Bonchev–Trinajstić information content (AvgIpc) is 2.90. The Hall–Kier alpha value is -2.20. The number of benzene rings is 1. The minimum atomic E-state index is -1.03. The van der Waals surface area contributed by atoms with E-state index in [1.807, 2.05) is 27.7 Å². The molecule has 34 heavy (non-hydrogen) atoms. The summed E-state index contributed by atoms with van der Waals surface area (Å²) in [6, 6.07) is 1.99. The third kappa shape index (κ3) is 6.07. The Labute approximate surface area is 200 Å². The number of nitrogens with one attached hydrogen (secondary N) is 1. The highest BCUT2D eigenvalue weighted by Gasteiger charge is 2.52. The molecule has 0 unspecified atom stereocenters. The predicted octanol–water partition coefficient (Wildman–Crippen LogP) is 3.32. The second-order valence-corrected chi connectivity index (χ2v) is 11.0. The Morgan fingerprint density at radius 2 is 1.65 bits per heavy atom. The molecular weight excluding hydrogens is 445 g/mol. The topological polar surface area (TPSA) is 77.1 Å². The van der Waals surface area contributed by atoms with Gasteiger partial charge in [0.15, 0.2) is 0 Å². The van der Waals surface area contributed by atoms with Gasteiger partial charge in [-0.2, -0.15) is 0 Å². The van der Waals surface area contributed by atoms with Crippen LogP contribution in [0, 0.1) is 11.6 Å². The monoisotopic (exact) mass is 480 g/mol. The zero-order valence-corrected chi connectivity index (χ0v) is 21.1. The summed E-state index contributed by atoms with van der Waals surface area (Å²) in [4.78, 5) is 26.3. The number of carbonyl (C=O) groups excluding carboxylic acids is 2. The van der Waals surface area contributed by atoms with Crippen molar-refractivity contribution in [3.05, 3.63) is 29.3 Å². The lowest BCUT2D eigenvalue weighted by atomic mass is 9.78. The molecule has 1 aromatic carbocycles. The van der Waals surface area contributed by atoms with Gasteiger partial charge in [0.05, 0.1) is 17.6 Å². The van der Waals surface area contributed by atoms with Crippen LogP contribution < -0.4 is 10.8 Å². The SMILES string of the molecule is CC(C)(C)OC(=O)NC1CCN(C(=O)Cc2cc(F)c(B3OC(C)(C)C(C)(C)O3)cc2F)CC1. The molecule has 0 atom stereocenters. The molecule has 0 aromatic heterocycles. The molecule has 10 heteroatoms. The Bertz CT molecular complexity index is 924. The highest BCUT2D eigenvalue weighted by Crippen LogP contribution is 2.36. The normalized spacial score (nSPS) is 20.4. The Balaban J connectivity index is 1.58. The minimum Gasteiger partial charge on any atom is -0.444 e. The van der Waals surface area contributed by atoms with Crippen molar-refractivity contribution < 1.29 is 32.4 Å². The summed E-state index contributed by atoms with van der Waals surface area (Å²) in [5, 5.41) is 2.81. The van der Waals surface area contributed by atoms with Crippen LogP contribution in [0.1, 0.15) is 66.9 Å². The fourth-order valence-electron chi connectivity index (χ4n) is 3.91. The van der Waals surface area contributed by atoms with E-state index in [1.165, 1.54) is 0 Å². The first kappa shape index (κ1) is 26.4. The van der Waals surface area contributed by atoms with Gasteiger partial charge in [0, 0.05) is 24.6 Å². The van der Waals surface area contributed by atoms with Gasteiger partial charge in [0.25, 0.3) is 0 Å². The van der Waals surface area contributed by atoms with Gasteiger partial charge in [-0.15, -0.1) is 0 Å². The maximum absolute atomic E-state index is 14.9. The third-order valence-corrected chi connectivity index (χ3v) is 6.58. The van der Waals surface area contributed by atoms with Gasteiger partial charge in [-0.3, -0.25) is 4.79 Å². The van der Waals surface area contributed by atoms with Crippen LogP contribution in [0.3, 0.4) is 0 Å². The van der Waals surface area contributed by atoms with Gasteiger partial charge < -0.3 is 24.3 Å². The van der Waals surface area contributed by atoms with E-state index in [4.69, 9.17) is 14.0 Å². The van der Waals surface area contributed by atoms with Gasteiger partial charge in [0.1, 0.15) is 17.2 Å². The van der Waals surface area contributed by atoms with Crippen molar-refractivity contribution in [1.29, 1.82) is 0 Å². The molecule has 3 rings (SSSR count). The fourth-order valence-corrected chi connectivity index (χ4v) is 3.91. The number of halogens is 2. The number of hydrogen-bond donors (Lipinski definition) is 1. The number of nitrogens with zero attached hydrogens (tertiary/aromatic N) is 1. The molecule has 2 saturated heterocycles. The fraction of sp³-hybridized carbons (Fsp3) is 0.667. The first-order valence-corrected chi connectivity index (χ1v) is 11.7. The minimum absolute atomic E-state index is 0.0169. The van der Waals surface area contributed by atoms with Crippen molar-refractivity contribution in [2.24, 2.45) is 0 Å². The molecule has 188 valence electrons. The van der Waals surface area contributed by atoms with Crippen molar-refractivity contribution in [1.82, 2.24) is 10.2 Å². The number of rotatable bonds is 4. The van der Waals surface area contributed by atoms with E-state index in [2.05, 4.69) is 5.32 Å². The lowest BCUT2D eigenvalue weighted by molar-refractivity contribution is -0.131. The quantitative estimate of drug-likeness (QED) is 0.670. The van der Waals surface area contributed by atoms with Gasteiger partial charge in [-0.05, 0) is 79.0 Å². The molecule has 0 bridgehead atoms. The van der Waals surface area contributed by atoms with Crippen molar-refractivity contribution in [3.8, 4) is 0 Å². The van der Waals surface area contributed by atoms with Crippen LogP contribution in [0.25, 0.3) is 0 Å². The average molecular weight is 480 g/mol. The summed E-state index contributed by atoms with van der Waals surface area (Å²) in [6.07, 6.45) is 0.374. The first-order valence-electron chi connectivity index (χ1n) is 11.7. The molecule has 1 N–H and O–H groups in total. The highest BCUT2D eigenvalue weighted by molar-refractivity contribution is 6.62. The van der Waals surface area contributed by atoms with Gasteiger partial charge in [0.2, 0.25) is 5.91 Å². The van der Waals surface area contributed by atoms with E-state index in [-0.39, 0.29) is 29.4 Å². The highest BCUT2D eigenvalue weighted by atomic mass is 19.1.